The van der Waals surface area contributed by atoms with E-state index in [4.69, 9.17) is 18.9 Å². The summed E-state index contributed by atoms with van der Waals surface area (Å²) in [5.74, 6) is 0. The van der Waals surface area contributed by atoms with Gasteiger partial charge in [0.05, 0.1) is 31.4 Å². The monoisotopic (exact) mass is 497 g/mol. The topological polar surface area (TPSA) is 231 Å². The van der Waals surface area contributed by atoms with Gasteiger partial charge in [0.1, 0.15) is 54.9 Å². The molecule has 1 aliphatic carbocycles. The van der Waals surface area contributed by atoms with Crippen LogP contribution < -0.4 is 5.32 Å². The third kappa shape index (κ3) is 5.30. The Bertz CT molecular complexity index is 695. The molecule has 14 atom stereocenters. The number of hydrogen-bond acceptors (Lipinski definition) is 14. The highest BCUT2D eigenvalue weighted by atomic mass is 16.7. The minimum Gasteiger partial charge on any atom is -0.394 e. The third-order valence-corrected chi connectivity index (χ3v) is 6.58. The van der Waals surface area contributed by atoms with Crippen LogP contribution in [0.15, 0.2) is 11.6 Å². The Labute approximate surface area is 195 Å². The van der Waals surface area contributed by atoms with Crippen molar-refractivity contribution in [1.29, 1.82) is 0 Å². The number of nitrogens with one attached hydrogen (secondary N) is 1. The number of hydrogen-bond donors (Lipinski definition) is 10. The number of aliphatic hydroxyl groups is 9. The molecule has 2 aliphatic heterocycles. The SMILES string of the molecule is CO[C@@H]1O[C@H](C)[C@@H](N[C@@H]2C=C(CO)[C@@H](O)[C@H](O[C@@H]3O[C@H](CO)[C@@H](O)[C@H](O)[C@H]3O)[C@H]2O)[C@H](O)[C@H]1O. The van der Waals surface area contributed by atoms with Gasteiger partial charge in [0, 0.05) is 7.11 Å². The molecule has 0 aromatic carbocycles. The summed E-state index contributed by atoms with van der Waals surface area (Å²) < 4.78 is 21.4. The van der Waals surface area contributed by atoms with E-state index in [0.717, 1.165) is 0 Å². The van der Waals surface area contributed by atoms with Gasteiger partial charge in [-0.05, 0) is 12.5 Å². The lowest BCUT2D eigenvalue weighted by molar-refractivity contribution is -0.324. The number of methoxy groups -OCH3 is 1. The Morgan fingerprint density at radius 2 is 1.50 bits per heavy atom. The summed E-state index contributed by atoms with van der Waals surface area (Å²) >= 11 is 0. The highest BCUT2D eigenvalue weighted by molar-refractivity contribution is 5.23. The van der Waals surface area contributed by atoms with E-state index in [0.29, 0.717) is 0 Å². The summed E-state index contributed by atoms with van der Waals surface area (Å²) in [6, 6.07) is -1.93. The highest BCUT2D eigenvalue weighted by Crippen LogP contribution is 2.30. The van der Waals surface area contributed by atoms with Crippen molar-refractivity contribution < 1.29 is 64.9 Å². The fourth-order valence-electron chi connectivity index (χ4n) is 4.49. The second-order valence-corrected chi connectivity index (χ2v) is 8.78. The standard InChI is InChI=1S/C20H35NO13/c1-6-10(14(27)16(29)19(31-2)32-6)21-8-3-7(4-22)11(24)18(12(8)25)34-20-17(30)15(28)13(26)9(5-23)33-20/h3,6,8-30H,4-5H2,1-2H3/t6-,8-,9-,10-,11-,12+,13-,14+,15+,16-,17-,18+,19-,20+/m1/s1. The zero-order chi connectivity index (χ0) is 25.3. The molecule has 0 amide bonds. The summed E-state index contributed by atoms with van der Waals surface area (Å²) in [7, 11) is 1.31. The van der Waals surface area contributed by atoms with Crippen LogP contribution in [0, 0.1) is 0 Å². The minimum atomic E-state index is -1.78. The maximum absolute atomic E-state index is 11.0. The van der Waals surface area contributed by atoms with Crippen molar-refractivity contribution in [3.8, 4) is 0 Å². The number of rotatable bonds is 7. The average Bonchev–Trinajstić information content (AvgIpc) is 2.82. The molecule has 2 saturated heterocycles. The van der Waals surface area contributed by atoms with Gasteiger partial charge in [0.15, 0.2) is 12.6 Å². The van der Waals surface area contributed by atoms with Gasteiger partial charge in [-0.3, -0.25) is 0 Å². The van der Waals surface area contributed by atoms with E-state index in [2.05, 4.69) is 5.32 Å². The first-order chi connectivity index (χ1) is 16.0. The van der Waals surface area contributed by atoms with Gasteiger partial charge in [-0.25, -0.2) is 0 Å². The van der Waals surface area contributed by atoms with E-state index >= 15 is 0 Å². The van der Waals surface area contributed by atoms with E-state index in [1.54, 1.807) is 6.92 Å². The molecule has 0 spiro atoms. The van der Waals surface area contributed by atoms with Crippen LogP contribution in [-0.2, 0) is 18.9 Å². The average molecular weight is 497 g/mol. The molecule has 198 valence electrons. The second-order valence-electron chi connectivity index (χ2n) is 8.78. The van der Waals surface area contributed by atoms with Crippen molar-refractivity contribution >= 4 is 0 Å². The van der Waals surface area contributed by atoms with E-state index in [1.165, 1.54) is 13.2 Å². The van der Waals surface area contributed by atoms with Crippen molar-refractivity contribution in [3.05, 3.63) is 11.6 Å². The van der Waals surface area contributed by atoms with Gasteiger partial charge < -0.3 is 70.2 Å². The zero-order valence-corrected chi connectivity index (χ0v) is 18.7. The first-order valence-corrected chi connectivity index (χ1v) is 11.0. The van der Waals surface area contributed by atoms with E-state index in [1.807, 2.05) is 0 Å². The molecule has 0 saturated carbocycles. The lowest BCUT2D eigenvalue weighted by Crippen LogP contribution is -2.67. The molecule has 3 aliphatic rings. The smallest absolute Gasteiger partial charge is 0.187 e. The highest BCUT2D eigenvalue weighted by Gasteiger charge is 2.50. The summed E-state index contributed by atoms with van der Waals surface area (Å²) in [6.45, 7) is 0.296. The quantitative estimate of drug-likeness (QED) is 0.148. The summed E-state index contributed by atoms with van der Waals surface area (Å²) in [6.07, 6.45) is -15.8. The van der Waals surface area contributed by atoms with Crippen molar-refractivity contribution in [3.63, 3.8) is 0 Å². The van der Waals surface area contributed by atoms with Crippen LogP contribution in [-0.4, -0.2) is 152 Å². The Morgan fingerprint density at radius 3 is 2.09 bits per heavy atom. The molecular formula is C20H35NO13. The molecule has 0 aromatic heterocycles. The van der Waals surface area contributed by atoms with E-state index < -0.39 is 98.9 Å². The van der Waals surface area contributed by atoms with Crippen molar-refractivity contribution in [1.82, 2.24) is 5.32 Å². The zero-order valence-electron chi connectivity index (χ0n) is 18.7. The molecule has 14 nitrogen and oxygen atoms in total. The third-order valence-electron chi connectivity index (χ3n) is 6.58. The summed E-state index contributed by atoms with van der Waals surface area (Å²) in [5, 5.41) is 94.5. The van der Waals surface area contributed by atoms with Gasteiger partial charge in [0.2, 0.25) is 0 Å². The van der Waals surface area contributed by atoms with Gasteiger partial charge in [-0.2, -0.15) is 0 Å². The largest absolute Gasteiger partial charge is 0.394 e. The molecule has 0 aromatic rings. The predicted octanol–water partition coefficient (Wildman–Crippen LogP) is -5.73. The minimum absolute atomic E-state index is 0.0478. The summed E-state index contributed by atoms with van der Waals surface area (Å²) in [5.41, 5.74) is 0.0478. The molecule has 10 N–H and O–H groups in total. The van der Waals surface area contributed by atoms with Crippen LogP contribution in [0.25, 0.3) is 0 Å². The normalized spacial score (nSPS) is 50.1. The lowest BCUT2D eigenvalue weighted by Gasteiger charge is -2.46. The molecule has 0 bridgehead atoms. The van der Waals surface area contributed by atoms with Crippen molar-refractivity contribution in [2.24, 2.45) is 0 Å². The molecule has 2 heterocycles. The Kier molecular flexibility index (Phi) is 9.38. The van der Waals surface area contributed by atoms with Gasteiger partial charge in [0.25, 0.3) is 0 Å². The molecule has 14 heteroatoms. The van der Waals surface area contributed by atoms with Gasteiger partial charge >= 0.3 is 0 Å². The van der Waals surface area contributed by atoms with Crippen LogP contribution in [0.5, 0.6) is 0 Å². The molecule has 34 heavy (non-hydrogen) atoms. The van der Waals surface area contributed by atoms with E-state index in [9.17, 15) is 46.0 Å². The Balaban J connectivity index is 1.78. The predicted molar refractivity (Wildman–Crippen MR) is 110 cm³/mol. The maximum atomic E-state index is 11.0. The Hall–Kier alpha value is -0.820. The molecule has 0 unspecified atom stereocenters. The summed E-state index contributed by atoms with van der Waals surface area (Å²) in [4.78, 5) is 0. The van der Waals surface area contributed by atoms with Crippen LogP contribution >= 0.6 is 0 Å². The van der Waals surface area contributed by atoms with Crippen LogP contribution in [0.3, 0.4) is 0 Å². The number of ether oxygens (including phenoxy) is 4. The van der Waals surface area contributed by atoms with E-state index in [-0.39, 0.29) is 5.57 Å². The number of aliphatic hydroxyl groups excluding tert-OH is 9. The maximum Gasteiger partial charge on any atom is 0.187 e. The first-order valence-electron chi connectivity index (χ1n) is 11.0. The molecule has 2 fully saturated rings. The Morgan fingerprint density at radius 1 is 0.853 bits per heavy atom. The van der Waals surface area contributed by atoms with Crippen LogP contribution in [0.1, 0.15) is 6.92 Å². The molecule has 3 rings (SSSR count). The molecular weight excluding hydrogens is 462 g/mol. The van der Waals surface area contributed by atoms with Gasteiger partial charge in [-0.1, -0.05) is 6.08 Å². The lowest BCUT2D eigenvalue weighted by atomic mass is 9.86. The fraction of sp³-hybridized carbons (Fsp3) is 0.900. The molecule has 0 radical (unpaired) electrons. The van der Waals surface area contributed by atoms with Gasteiger partial charge in [-0.15, -0.1) is 0 Å². The van der Waals surface area contributed by atoms with Crippen LogP contribution in [0.2, 0.25) is 0 Å². The first kappa shape index (κ1) is 27.8. The fourth-order valence-corrected chi connectivity index (χ4v) is 4.49. The van der Waals surface area contributed by atoms with Crippen LogP contribution in [0.4, 0.5) is 0 Å². The second kappa shape index (κ2) is 11.5. The van der Waals surface area contributed by atoms with Crippen molar-refractivity contribution in [2.75, 3.05) is 20.3 Å². The van der Waals surface area contributed by atoms with Crippen molar-refractivity contribution in [2.45, 2.75) is 92.6 Å².